The van der Waals surface area contributed by atoms with Crippen LogP contribution in [0.5, 0.6) is 0 Å². The lowest BCUT2D eigenvalue weighted by molar-refractivity contribution is 0.406. The molecule has 0 amide bonds. The van der Waals surface area contributed by atoms with Crippen LogP contribution in [-0.4, -0.2) is 14.7 Å². The number of rotatable bonds is 3. The van der Waals surface area contributed by atoms with Crippen LogP contribution in [0.25, 0.3) is 11.1 Å². The lowest BCUT2D eigenvalue weighted by Crippen LogP contribution is -2.05. The number of sulfone groups is 1. The van der Waals surface area contributed by atoms with Gasteiger partial charge in [-0.15, -0.1) is 0 Å². The third-order valence-corrected chi connectivity index (χ3v) is 6.82. The molecular weight excluding hydrogens is 467 g/mol. The summed E-state index contributed by atoms with van der Waals surface area (Å²) in [5.74, 6) is 0. The van der Waals surface area contributed by atoms with Gasteiger partial charge in [-0.3, -0.25) is 0 Å². The largest absolute Gasteiger partial charge is 0.224 e. The van der Waals surface area contributed by atoms with E-state index in [2.05, 4.69) is 48.6 Å². The van der Waals surface area contributed by atoms with Gasteiger partial charge >= 0.3 is 0 Å². The van der Waals surface area contributed by atoms with E-state index >= 15 is 0 Å². The summed E-state index contributed by atoms with van der Waals surface area (Å²) in [6, 6.07) is 13.4. The molecule has 1 aliphatic carbocycles. The summed E-state index contributed by atoms with van der Waals surface area (Å²) in [5.41, 5.74) is 5.13. The van der Waals surface area contributed by atoms with Gasteiger partial charge in [0.25, 0.3) is 0 Å². The van der Waals surface area contributed by atoms with Gasteiger partial charge in [-0.2, -0.15) is 0 Å². The van der Waals surface area contributed by atoms with Crippen LogP contribution >= 0.6 is 34.2 Å². The van der Waals surface area contributed by atoms with E-state index in [0.29, 0.717) is 4.90 Å². The molecule has 0 spiro atoms. The molecule has 0 saturated heterocycles. The normalized spacial score (nSPS) is 17.2. The van der Waals surface area contributed by atoms with E-state index in [-0.39, 0.29) is 5.41 Å². The molecule has 0 radical (unpaired) electrons. The summed E-state index contributed by atoms with van der Waals surface area (Å²) in [4.78, 5) is 0.367. The first kappa shape index (κ1) is 18.9. The molecule has 0 aromatic heterocycles. The van der Waals surface area contributed by atoms with Crippen molar-refractivity contribution in [2.75, 3.05) is 6.26 Å². The number of halogens is 2. The molecule has 0 fully saturated rings. The standard InChI is InChI=1S/C20H20ClIO2S/c1-20(2)11-17(13-4-6-14(21)7-5-13)18(12-20)16-9-8-15(10-19(16)22)25(3,23)24/h4-10H,11-12H2,1-3H3. The molecule has 2 aromatic carbocycles. The molecule has 0 bridgehead atoms. The molecule has 5 heteroatoms. The van der Waals surface area contributed by atoms with Crippen molar-refractivity contribution in [1.82, 2.24) is 0 Å². The maximum Gasteiger partial charge on any atom is 0.175 e. The molecule has 0 unspecified atom stereocenters. The van der Waals surface area contributed by atoms with Gasteiger partial charge in [-0.25, -0.2) is 8.42 Å². The van der Waals surface area contributed by atoms with Gasteiger partial charge in [-0.05, 0) is 87.4 Å². The van der Waals surface area contributed by atoms with Crippen molar-refractivity contribution in [2.24, 2.45) is 5.41 Å². The summed E-state index contributed by atoms with van der Waals surface area (Å²) < 4.78 is 24.6. The third-order valence-electron chi connectivity index (χ3n) is 4.56. The van der Waals surface area contributed by atoms with E-state index in [1.54, 1.807) is 12.1 Å². The van der Waals surface area contributed by atoms with Crippen molar-refractivity contribution < 1.29 is 8.42 Å². The fourth-order valence-corrected chi connectivity index (χ4v) is 5.21. The van der Waals surface area contributed by atoms with Crippen LogP contribution < -0.4 is 0 Å². The summed E-state index contributed by atoms with van der Waals surface area (Å²) in [5, 5.41) is 0.732. The maximum absolute atomic E-state index is 11.8. The Hall–Kier alpha value is -0.850. The van der Waals surface area contributed by atoms with Crippen LogP contribution in [-0.2, 0) is 9.84 Å². The first-order valence-electron chi connectivity index (χ1n) is 8.05. The lowest BCUT2D eigenvalue weighted by atomic mass is 9.87. The van der Waals surface area contributed by atoms with Crippen molar-refractivity contribution in [3.8, 4) is 0 Å². The highest BCUT2D eigenvalue weighted by atomic mass is 127. The monoisotopic (exact) mass is 486 g/mol. The summed E-state index contributed by atoms with van der Waals surface area (Å²) in [6.45, 7) is 4.54. The van der Waals surface area contributed by atoms with E-state index in [9.17, 15) is 8.42 Å². The lowest BCUT2D eigenvalue weighted by Gasteiger charge is -2.17. The fourth-order valence-electron chi connectivity index (χ4n) is 3.39. The van der Waals surface area contributed by atoms with Gasteiger partial charge in [0.1, 0.15) is 0 Å². The van der Waals surface area contributed by atoms with Crippen molar-refractivity contribution in [1.29, 1.82) is 0 Å². The average molecular weight is 487 g/mol. The molecule has 0 aliphatic heterocycles. The van der Waals surface area contributed by atoms with Crippen LogP contribution in [0.3, 0.4) is 0 Å². The van der Waals surface area contributed by atoms with Gasteiger partial charge in [-0.1, -0.05) is 43.6 Å². The van der Waals surface area contributed by atoms with E-state index in [1.807, 2.05) is 18.2 Å². The van der Waals surface area contributed by atoms with Crippen LogP contribution in [0.15, 0.2) is 47.4 Å². The SMILES string of the molecule is CC1(C)CC(c2ccc(Cl)cc2)=C(c2ccc(S(C)(=O)=O)cc2I)C1. The first-order chi connectivity index (χ1) is 11.6. The maximum atomic E-state index is 11.8. The van der Waals surface area contributed by atoms with Crippen molar-refractivity contribution in [3.05, 3.63) is 62.2 Å². The zero-order valence-electron chi connectivity index (χ0n) is 14.4. The highest BCUT2D eigenvalue weighted by Gasteiger charge is 2.32. The molecule has 2 aromatic rings. The minimum atomic E-state index is -3.19. The summed E-state index contributed by atoms with van der Waals surface area (Å²) >= 11 is 8.28. The van der Waals surface area contributed by atoms with Gasteiger partial charge < -0.3 is 0 Å². The topological polar surface area (TPSA) is 34.1 Å². The Morgan fingerprint density at radius 1 is 1.00 bits per heavy atom. The molecule has 0 saturated carbocycles. The number of benzene rings is 2. The minimum absolute atomic E-state index is 0.183. The number of allylic oxidation sites excluding steroid dienone is 2. The molecule has 25 heavy (non-hydrogen) atoms. The second-order valence-corrected chi connectivity index (χ2v) is 11.0. The molecule has 0 heterocycles. The number of hydrogen-bond acceptors (Lipinski definition) is 2. The Balaban J connectivity index is 2.14. The Morgan fingerprint density at radius 3 is 2.16 bits per heavy atom. The summed E-state index contributed by atoms with van der Waals surface area (Å²) in [6.07, 6.45) is 3.21. The molecule has 3 rings (SSSR count). The van der Waals surface area contributed by atoms with Gasteiger partial charge in [0, 0.05) is 14.8 Å². The number of hydrogen-bond donors (Lipinski definition) is 0. The van der Waals surface area contributed by atoms with E-state index in [4.69, 9.17) is 11.6 Å². The highest BCUT2D eigenvalue weighted by molar-refractivity contribution is 14.1. The molecule has 0 N–H and O–H groups in total. The zero-order valence-corrected chi connectivity index (χ0v) is 18.2. The second kappa shape index (κ2) is 6.71. The van der Waals surface area contributed by atoms with Crippen LogP contribution in [0.4, 0.5) is 0 Å². The van der Waals surface area contributed by atoms with Crippen LogP contribution in [0.2, 0.25) is 5.02 Å². The van der Waals surface area contributed by atoms with Crippen molar-refractivity contribution >= 4 is 55.2 Å². The Labute approximate surface area is 168 Å². The highest BCUT2D eigenvalue weighted by Crippen LogP contribution is 2.50. The average Bonchev–Trinajstić information content (AvgIpc) is 2.82. The second-order valence-electron chi connectivity index (χ2n) is 7.40. The predicted octanol–water partition coefficient (Wildman–Crippen LogP) is 6.08. The molecule has 132 valence electrons. The predicted molar refractivity (Wildman–Crippen MR) is 114 cm³/mol. The molecular formula is C20H20ClIO2S. The molecule has 0 atom stereocenters. The van der Waals surface area contributed by atoms with Crippen molar-refractivity contribution in [2.45, 2.75) is 31.6 Å². The van der Waals surface area contributed by atoms with Gasteiger partial charge in [0.05, 0.1) is 4.90 Å². The van der Waals surface area contributed by atoms with Crippen LogP contribution in [0.1, 0.15) is 37.8 Å². The quantitative estimate of drug-likeness (QED) is 0.493. The van der Waals surface area contributed by atoms with Gasteiger partial charge in [0.15, 0.2) is 9.84 Å². The van der Waals surface area contributed by atoms with E-state index in [0.717, 1.165) is 27.0 Å². The minimum Gasteiger partial charge on any atom is -0.224 e. The third kappa shape index (κ3) is 4.12. The van der Waals surface area contributed by atoms with Crippen LogP contribution in [0, 0.1) is 8.99 Å². The zero-order chi connectivity index (χ0) is 18.4. The Kier molecular flexibility index (Phi) is 5.08. The summed E-state index contributed by atoms with van der Waals surface area (Å²) in [7, 11) is -3.19. The van der Waals surface area contributed by atoms with Gasteiger partial charge in [0.2, 0.25) is 0 Å². The van der Waals surface area contributed by atoms with E-state index in [1.165, 1.54) is 23.0 Å². The molecule has 2 nitrogen and oxygen atoms in total. The van der Waals surface area contributed by atoms with Crippen molar-refractivity contribution in [3.63, 3.8) is 0 Å². The van der Waals surface area contributed by atoms with E-state index < -0.39 is 9.84 Å². The smallest absolute Gasteiger partial charge is 0.175 e. The Morgan fingerprint density at radius 2 is 1.60 bits per heavy atom. The molecule has 1 aliphatic rings. The Bertz CT molecular complexity index is 958. The first-order valence-corrected chi connectivity index (χ1v) is 11.4. The fraction of sp³-hybridized carbons (Fsp3) is 0.300.